The van der Waals surface area contributed by atoms with Gasteiger partial charge in [-0.05, 0) is 54.1 Å². The normalized spacial score (nSPS) is 10.8. The molecule has 3 aromatic rings. The number of nitrogens with one attached hydrogen (secondary N) is 1. The van der Waals surface area contributed by atoms with Crippen molar-refractivity contribution >= 4 is 51.2 Å². The summed E-state index contributed by atoms with van der Waals surface area (Å²) in [6, 6.07) is 20.7. The summed E-state index contributed by atoms with van der Waals surface area (Å²) in [6.45, 7) is 0.330. The van der Waals surface area contributed by atoms with Gasteiger partial charge in [0.2, 0.25) is 0 Å². The summed E-state index contributed by atoms with van der Waals surface area (Å²) in [7, 11) is 1.29. The molecule has 0 saturated carbocycles. The van der Waals surface area contributed by atoms with Crippen LogP contribution in [0.1, 0.15) is 21.5 Å². The standard InChI is InChI=1S/C25H18BrClN2O4/c1-32-25(31)17-7-9-20(10-8-17)29-24(30)19(14-28)12-16-6-11-23(22(27)13-16)33-15-18-4-2-3-5-21(18)26/h2-13H,15H2,1H3,(H,29,30)/b19-12+. The molecule has 166 valence electrons. The molecule has 6 nitrogen and oxygen atoms in total. The third-order valence-corrected chi connectivity index (χ3v) is 5.61. The number of methoxy groups -OCH3 is 1. The van der Waals surface area contributed by atoms with E-state index in [-0.39, 0.29) is 5.57 Å². The number of carbonyl (C=O) groups excluding carboxylic acids is 2. The minimum atomic E-state index is -0.589. The van der Waals surface area contributed by atoms with Crippen LogP contribution in [0.5, 0.6) is 5.75 Å². The number of ether oxygens (including phenoxy) is 2. The second kappa shape index (κ2) is 11.3. The van der Waals surface area contributed by atoms with Gasteiger partial charge in [0, 0.05) is 15.7 Å². The van der Waals surface area contributed by atoms with Crippen LogP contribution in [0.4, 0.5) is 5.69 Å². The first-order chi connectivity index (χ1) is 15.9. The molecule has 0 aromatic heterocycles. The molecule has 0 saturated heterocycles. The number of esters is 1. The number of hydrogen-bond donors (Lipinski definition) is 1. The molecule has 0 aliphatic rings. The van der Waals surface area contributed by atoms with E-state index >= 15 is 0 Å². The van der Waals surface area contributed by atoms with Gasteiger partial charge in [-0.3, -0.25) is 4.79 Å². The van der Waals surface area contributed by atoms with Crippen molar-refractivity contribution in [1.82, 2.24) is 0 Å². The van der Waals surface area contributed by atoms with Gasteiger partial charge >= 0.3 is 5.97 Å². The minimum Gasteiger partial charge on any atom is -0.487 e. The first-order valence-corrected chi connectivity index (χ1v) is 10.9. The van der Waals surface area contributed by atoms with Crippen molar-refractivity contribution in [2.45, 2.75) is 6.61 Å². The summed E-state index contributed by atoms with van der Waals surface area (Å²) < 4.78 is 11.4. The summed E-state index contributed by atoms with van der Waals surface area (Å²) >= 11 is 9.81. The number of rotatable bonds is 7. The van der Waals surface area contributed by atoms with E-state index in [1.165, 1.54) is 25.3 Å². The molecule has 0 bridgehead atoms. The van der Waals surface area contributed by atoms with Crippen molar-refractivity contribution in [3.63, 3.8) is 0 Å². The van der Waals surface area contributed by atoms with E-state index in [1.54, 1.807) is 30.3 Å². The predicted octanol–water partition coefficient (Wildman–Crippen LogP) is 6.01. The zero-order chi connectivity index (χ0) is 23.8. The molecule has 3 rings (SSSR count). The highest BCUT2D eigenvalue weighted by molar-refractivity contribution is 9.10. The van der Waals surface area contributed by atoms with Crippen LogP contribution in [0.2, 0.25) is 5.02 Å². The highest BCUT2D eigenvalue weighted by Gasteiger charge is 2.12. The number of benzene rings is 3. The zero-order valence-corrected chi connectivity index (χ0v) is 19.8. The number of nitriles is 1. The monoisotopic (exact) mass is 524 g/mol. The maximum absolute atomic E-state index is 12.5. The Labute approximate surface area is 204 Å². The van der Waals surface area contributed by atoms with Gasteiger partial charge in [0.1, 0.15) is 24.0 Å². The second-order valence-corrected chi connectivity index (χ2v) is 8.02. The molecule has 3 aromatic carbocycles. The topological polar surface area (TPSA) is 88.4 Å². The van der Waals surface area contributed by atoms with Crippen LogP contribution >= 0.6 is 27.5 Å². The van der Waals surface area contributed by atoms with Crippen molar-refractivity contribution in [1.29, 1.82) is 5.26 Å². The smallest absolute Gasteiger partial charge is 0.337 e. The maximum Gasteiger partial charge on any atom is 0.337 e. The Morgan fingerprint density at radius 1 is 1.12 bits per heavy atom. The zero-order valence-electron chi connectivity index (χ0n) is 17.5. The number of anilines is 1. The van der Waals surface area contributed by atoms with E-state index in [1.807, 2.05) is 30.3 Å². The third kappa shape index (κ3) is 6.45. The van der Waals surface area contributed by atoms with Gasteiger partial charge in [-0.2, -0.15) is 5.26 Å². The molecule has 0 aliphatic heterocycles. The average molecular weight is 526 g/mol. The lowest BCUT2D eigenvalue weighted by Gasteiger charge is -2.10. The molecular weight excluding hydrogens is 508 g/mol. The van der Waals surface area contributed by atoms with Gasteiger partial charge < -0.3 is 14.8 Å². The molecular formula is C25H18BrClN2O4. The maximum atomic E-state index is 12.5. The van der Waals surface area contributed by atoms with E-state index in [2.05, 4.69) is 26.0 Å². The molecule has 0 heterocycles. The minimum absolute atomic E-state index is 0.106. The fourth-order valence-corrected chi connectivity index (χ4v) is 3.46. The number of halogens is 2. The van der Waals surface area contributed by atoms with Crippen LogP contribution in [0.15, 0.2) is 76.8 Å². The van der Waals surface area contributed by atoms with Gasteiger partial charge in [0.15, 0.2) is 0 Å². The number of carbonyl (C=O) groups is 2. The molecule has 1 N–H and O–H groups in total. The van der Waals surface area contributed by atoms with Crippen LogP contribution in [0.25, 0.3) is 6.08 Å². The van der Waals surface area contributed by atoms with Gasteiger partial charge in [-0.25, -0.2) is 4.79 Å². The molecule has 0 unspecified atom stereocenters. The van der Waals surface area contributed by atoms with Crippen molar-refractivity contribution in [3.8, 4) is 11.8 Å². The molecule has 33 heavy (non-hydrogen) atoms. The summed E-state index contributed by atoms with van der Waals surface area (Å²) in [5.41, 5.74) is 2.22. The molecule has 0 aliphatic carbocycles. The van der Waals surface area contributed by atoms with Crippen LogP contribution < -0.4 is 10.1 Å². The first kappa shape index (κ1) is 24.1. The average Bonchev–Trinajstić information content (AvgIpc) is 2.82. The fraction of sp³-hybridized carbons (Fsp3) is 0.0800. The van der Waals surface area contributed by atoms with E-state index in [4.69, 9.17) is 16.3 Å². The Bertz CT molecular complexity index is 1250. The summed E-state index contributed by atoms with van der Waals surface area (Å²) in [5.74, 6) is -0.585. The lowest BCUT2D eigenvalue weighted by molar-refractivity contribution is -0.112. The van der Waals surface area contributed by atoms with E-state index in [0.717, 1.165) is 10.0 Å². The fourth-order valence-electron chi connectivity index (χ4n) is 2.82. The van der Waals surface area contributed by atoms with Crippen molar-refractivity contribution in [2.24, 2.45) is 0 Å². The molecule has 8 heteroatoms. The number of nitrogens with zero attached hydrogens (tertiary/aromatic N) is 1. The van der Waals surface area contributed by atoms with E-state index in [9.17, 15) is 14.9 Å². The van der Waals surface area contributed by atoms with Gasteiger partial charge in [0.25, 0.3) is 5.91 Å². The Balaban J connectivity index is 1.69. The Kier molecular flexibility index (Phi) is 8.25. The second-order valence-electron chi connectivity index (χ2n) is 6.76. The largest absolute Gasteiger partial charge is 0.487 e. The first-order valence-electron chi connectivity index (χ1n) is 9.68. The van der Waals surface area contributed by atoms with Gasteiger partial charge in [-0.1, -0.05) is 51.8 Å². The van der Waals surface area contributed by atoms with Crippen molar-refractivity contribution in [3.05, 3.63) is 98.5 Å². The lowest BCUT2D eigenvalue weighted by Crippen LogP contribution is -2.13. The van der Waals surface area contributed by atoms with Gasteiger partial charge in [0.05, 0.1) is 17.7 Å². The highest BCUT2D eigenvalue weighted by Crippen LogP contribution is 2.28. The van der Waals surface area contributed by atoms with Gasteiger partial charge in [-0.15, -0.1) is 0 Å². The van der Waals surface area contributed by atoms with Crippen LogP contribution in [-0.4, -0.2) is 19.0 Å². The van der Waals surface area contributed by atoms with E-state index in [0.29, 0.717) is 34.2 Å². The molecule has 0 atom stereocenters. The van der Waals surface area contributed by atoms with Crippen LogP contribution in [0.3, 0.4) is 0 Å². The number of amides is 1. The quantitative estimate of drug-likeness (QED) is 0.232. The lowest BCUT2D eigenvalue weighted by atomic mass is 10.1. The number of hydrogen-bond acceptors (Lipinski definition) is 5. The Hall–Kier alpha value is -3.60. The van der Waals surface area contributed by atoms with Crippen molar-refractivity contribution < 1.29 is 19.1 Å². The molecule has 0 spiro atoms. The predicted molar refractivity (Wildman–Crippen MR) is 130 cm³/mol. The van der Waals surface area contributed by atoms with Crippen LogP contribution in [-0.2, 0) is 16.1 Å². The van der Waals surface area contributed by atoms with E-state index < -0.39 is 11.9 Å². The summed E-state index contributed by atoms with van der Waals surface area (Å²) in [5, 5.41) is 12.4. The molecule has 0 radical (unpaired) electrons. The third-order valence-electron chi connectivity index (χ3n) is 4.54. The SMILES string of the molecule is COC(=O)c1ccc(NC(=O)/C(C#N)=C/c2ccc(OCc3ccccc3Br)c(Cl)c2)cc1. The molecule has 0 fully saturated rings. The Morgan fingerprint density at radius 2 is 1.85 bits per heavy atom. The van der Waals surface area contributed by atoms with Crippen LogP contribution in [0, 0.1) is 11.3 Å². The van der Waals surface area contributed by atoms with Crippen molar-refractivity contribution in [2.75, 3.05) is 12.4 Å². The molecule has 1 amide bonds. The summed E-state index contributed by atoms with van der Waals surface area (Å²) in [4.78, 5) is 24.0. The summed E-state index contributed by atoms with van der Waals surface area (Å²) in [6.07, 6.45) is 1.43. The highest BCUT2D eigenvalue weighted by atomic mass is 79.9. The Morgan fingerprint density at radius 3 is 2.48 bits per heavy atom.